The van der Waals surface area contributed by atoms with Crippen molar-refractivity contribution in [3.05, 3.63) is 93.5 Å². The number of anilines is 1. The third-order valence-corrected chi connectivity index (χ3v) is 6.68. The summed E-state index contributed by atoms with van der Waals surface area (Å²) in [5.41, 5.74) is 2.38. The van der Waals surface area contributed by atoms with E-state index in [2.05, 4.69) is 5.32 Å². The Hall–Kier alpha value is -2.34. The molecule has 28 heavy (non-hydrogen) atoms. The average Bonchev–Trinajstić information content (AvgIpc) is 2.66. The zero-order valence-electron chi connectivity index (χ0n) is 14.9. The van der Waals surface area contributed by atoms with Crippen molar-refractivity contribution in [3.63, 3.8) is 0 Å². The largest absolute Gasteiger partial charge is 0.321 e. The summed E-state index contributed by atoms with van der Waals surface area (Å²) in [4.78, 5) is 12.7. The van der Waals surface area contributed by atoms with E-state index < -0.39 is 9.84 Å². The number of hydrogen-bond donors (Lipinski definition) is 1. The van der Waals surface area contributed by atoms with Gasteiger partial charge in [-0.25, -0.2) is 8.42 Å². The van der Waals surface area contributed by atoms with Gasteiger partial charge in [-0.1, -0.05) is 59.1 Å². The normalized spacial score (nSPS) is 11.2. The number of hydrogen-bond acceptors (Lipinski definition) is 3. The van der Waals surface area contributed by atoms with Gasteiger partial charge in [0.05, 0.1) is 26.4 Å². The monoisotopic (exact) mass is 433 g/mol. The lowest BCUT2D eigenvalue weighted by Gasteiger charge is -2.09. The lowest BCUT2D eigenvalue weighted by atomic mass is 10.1. The molecule has 3 rings (SSSR count). The Balaban J connectivity index is 1.73. The summed E-state index contributed by atoms with van der Waals surface area (Å²) < 4.78 is 25.1. The first-order valence-corrected chi connectivity index (χ1v) is 10.8. The summed E-state index contributed by atoms with van der Waals surface area (Å²) in [6, 6.07) is 18.1. The van der Waals surface area contributed by atoms with Crippen LogP contribution in [0.5, 0.6) is 0 Å². The lowest BCUT2D eigenvalue weighted by Crippen LogP contribution is -2.12. The molecule has 1 N–H and O–H groups in total. The number of carbonyl (C=O) groups excluding carboxylic acids is 1. The molecule has 3 aromatic carbocycles. The summed E-state index contributed by atoms with van der Waals surface area (Å²) in [7, 11) is -3.45. The lowest BCUT2D eigenvalue weighted by molar-refractivity contribution is 0.102. The highest BCUT2D eigenvalue weighted by atomic mass is 35.5. The molecule has 0 heterocycles. The number of rotatable bonds is 5. The topological polar surface area (TPSA) is 63.2 Å². The summed E-state index contributed by atoms with van der Waals surface area (Å²) in [5.74, 6) is -0.505. The molecule has 0 aliphatic carbocycles. The maximum absolute atomic E-state index is 12.5. The Morgan fingerprint density at radius 2 is 1.57 bits per heavy atom. The Bertz CT molecular complexity index is 1110. The molecule has 0 radical (unpaired) electrons. The van der Waals surface area contributed by atoms with Crippen LogP contribution in [0.4, 0.5) is 5.69 Å². The maximum atomic E-state index is 12.5. The van der Waals surface area contributed by atoms with Crippen LogP contribution in [0.2, 0.25) is 10.0 Å². The standard InChI is InChI=1S/C21H17Cl2NO3S/c1-14-5-11-17(12-6-14)28(26,27)13-15-7-9-16(10-8-15)21(25)24-19-4-2-3-18(22)20(19)23/h2-12H,13H2,1H3,(H,24,25). The van der Waals surface area contributed by atoms with Gasteiger partial charge in [-0.15, -0.1) is 0 Å². The zero-order chi connectivity index (χ0) is 20.3. The first-order valence-electron chi connectivity index (χ1n) is 8.40. The van der Waals surface area contributed by atoms with Crippen molar-refractivity contribution in [3.8, 4) is 0 Å². The minimum Gasteiger partial charge on any atom is -0.321 e. The molecule has 4 nitrogen and oxygen atoms in total. The molecule has 0 atom stereocenters. The zero-order valence-corrected chi connectivity index (χ0v) is 17.3. The van der Waals surface area contributed by atoms with Gasteiger partial charge in [0.15, 0.2) is 9.84 Å². The van der Waals surface area contributed by atoms with Crippen molar-refractivity contribution in [1.82, 2.24) is 0 Å². The summed E-state index contributed by atoms with van der Waals surface area (Å²) >= 11 is 12.0. The van der Waals surface area contributed by atoms with E-state index in [1.807, 2.05) is 6.92 Å². The Morgan fingerprint density at radius 3 is 2.21 bits per heavy atom. The van der Waals surface area contributed by atoms with Gasteiger partial charge >= 0.3 is 0 Å². The second-order valence-corrected chi connectivity index (χ2v) is 9.10. The predicted molar refractivity (Wildman–Crippen MR) is 113 cm³/mol. The second kappa shape index (κ2) is 8.35. The van der Waals surface area contributed by atoms with E-state index in [1.54, 1.807) is 66.7 Å². The first-order chi connectivity index (χ1) is 13.3. The van der Waals surface area contributed by atoms with Crippen LogP contribution in [0, 0.1) is 6.92 Å². The molecule has 0 bridgehead atoms. The predicted octanol–water partition coefficient (Wildman–Crippen LogP) is 5.53. The highest BCUT2D eigenvalue weighted by Crippen LogP contribution is 2.29. The number of halogens is 2. The van der Waals surface area contributed by atoms with Crippen molar-refractivity contribution in [2.75, 3.05) is 5.32 Å². The number of benzene rings is 3. The Labute approximate surface area is 174 Å². The van der Waals surface area contributed by atoms with Crippen LogP contribution >= 0.6 is 23.2 Å². The molecule has 0 aromatic heterocycles. The Kier molecular flexibility index (Phi) is 6.08. The van der Waals surface area contributed by atoms with Gasteiger partial charge in [0.2, 0.25) is 0 Å². The van der Waals surface area contributed by atoms with E-state index in [0.717, 1.165) is 5.56 Å². The van der Waals surface area contributed by atoms with E-state index in [-0.39, 0.29) is 21.6 Å². The van der Waals surface area contributed by atoms with Gasteiger partial charge < -0.3 is 5.32 Å². The molecule has 0 saturated heterocycles. The molecule has 0 aliphatic rings. The van der Waals surface area contributed by atoms with Crippen LogP contribution in [-0.2, 0) is 15.6 Å². The van der Waals surface area contributed by atoms with Crippen LogP contribution in [0.3, 0.4) is 0 Å². The molecule has 3 aromatic rings. The number of amides is 1. The maximum Gasteiger partial charge on any atom is 0.255 e. The van der Waals surface area contributed by atoms with Crippen molar-refractivity contribution in [1.29, 1.82) is 0 Å². The van der Waals surface area contributed by atoms with Gasteiger partial charge in [0.25, 0.3) is 5.91 Å². The van der Waals surface area contributed by atoms with Gasteiger partial charge in [-0.2, -0.15) is 0 Å². The summed E-state index contributed by atoms with van der Waals surface area (Å²) in [6.45, 7) is 1.90. The van der Waals surface area contributed by atoms with E-state index in [0.29, 0.717) is 21.8 Å². The van der Waals surface area contributed by atoms with E-state index in [4.69, 9.17) is 23.2 Å². The van der Waals surface area contributed by atoms with Gasteiger partial charge in [-0.3, -0.25) is 4.79 Å². The Morgan fingerprint density at radius 1 is 0.929 bits per heavy atom. The molecule has 0 spiro atoms. The fraction of sp³-hybridized carbons (Fsp3) is 0.0952. The highest BCUT2D eigenvalue weighted by Gasteiger charge is 2.16. The van der Waals surface area contributed by atoms with Crippen molar-refractivity contribution in [2.45, 2.75) is 17.6 Å². The van der Waals surface area contributed by atoms with E-state index in [1.165, 1.54) is 0 Å². The SMILES string of the molecule is Cc1ccc(S(=O)(=O)Cc2ccc(C(=O)Nc3cccc(Cl)c3Cl)cc2)cc1. The number of carbonyl (C=O) groups is 1. The van der Waals surface area contributed by atoms with E-state index >= 15 is 0 Å². The fourth-order valence-electron chi connectivity index (χ4n) is 2.60. The third-order valence-electron chi connectivity index (χ3n) is 4.15. The first kappa shape index (κ1) is 20.4. The fourth-order valence-corrected chi connectivity index (χ4v) is 4.29. The molecule has 0 saturated carbocycles. The summed E-state index contributed by atoms with van der Waals surface area (Å²) in [5, 5.41) is 3.30. The summed E-state index contributed by atoms with van der Waals surface area (Å²) in [6.07, 6.45) is 0. The molecular weight excluding hydrogens is 417 g/mol. The number of nitrogens with one attached hydrogen (secondary N) is 1. The minimum atomic E-state index is -3.45. The number of aryl methyl sites for hydroxylation is 1. The van der Waals surface area contributed by atoms with Crippen LogP contribution in [0.25, 0.3) is 0 Å². The van der Waals surface area contributed by atoms with Crippen molar-refractivity contribution >= 4 is 44.6 Å². The third kappa shape index (κ3) is 4.73. The molecule has 7 heteroatoms. The molecule has 1 amide bonds. The van der Waals surface area contributed by atoms with Crippen LogP contribution < -0.4 is 5.32 Å². The van der Waals surface area contributed by atoms with Crippen LogP contribution in [0.15, 0.2) is 71.6 Å². The molecule has 0 fully saturated rings. The molecular formula is C21H17Cl2NO3S. The van der Waals surface area contributed by atoms with Gasteiger partial charge in [0, 0.05) is 5.56 Å². The smallest absolute Gasteiger partial charge is 0.255 e. The molecule has 0 aliphatic heterocycles. The average molecular weight is 434 g/mol. The van der Waals surface area contributed by atoms with Crippen molar-refractivity contribution < 1.29 is 13.2 Å². The quantitative estimate of drug-likeness (QED) is 0.575. The molecule has 144 valence electrons. The highest BCUT2D eigenvalue weighted by molar-refractivity contribution is 7.90. The molecule has 0 unspecified atom stereocenters. The second-order valence-electron chi connectivity index (χ2n) is 6.32. The van der Waals surface area contributed by atoms with Crippen molar-refractivity contribution in [2.24, 2.45) is 0 Å². The van der Waals surface area contributed by atoms with E-state index in [9.17, 15) is 13.2 Å². The van der Waals surface area contributed by atoms with Crippen LogP contribution in [0.1, 0.15) is 21.5 Å². The van der Waals surface area contributed by atoms with Gasteiger partial charge in [0.1, 0.15) is 0 Å². The minimum absolute atomic E-state index is 0.141. The van der Waals surface area contributed by atoms with Crippen LogP contribution in [-0.4, -0.2) is 14.3 Å². The number of sulfone groups is 1. The van der Waals surface area contributed by atoms with Gasteiger partial charge in [-0.05, 0) is 48.9 Å².